The summed E-state index contributed by atoms with van der Waals surface area (Å²) < 4.78 is 0. The molecule has 18 heavy (non-hydrogen) atoms. The van der Waals surface area contributed by atoms with Gasteiger partial charge in [-0.3, -0.25) is 4.79 Å². The number of carboxylic acids is 1. The maximum atomic E-state index is 10.6. The Hall–Kier alpha value is -1.64. The van der Waals surface area contributed by atoms with Crippen molar-refractivity contribution in [1.29, 1.82) is 0 Å². The predicted molar refractivity (Wildman–Crippen MR) is 65.1 cm³/mol. The van der Waals surface area contributed by atoms with Gasteiger partial charge in [0.05, 0.1) is 0 Å². The van der Waals surface area contributed by atoms with E-state index in [0.29, 0.717) is 11.8 Å². The zero-order valence-electron chi connectivity index (χ0n) is 9.68. The van der Waals surface area contributed by atoms with Crippen molar-refractivity contribution in [2.24, 2.45) is 0 Å². The molecule has 0 saturated heterocycles. The van der Waals surface area contributed by atoms with Gasteiger partial charge in [-0.1, -0.05) is 0 Å². The topological polar surface area (TPSA) is 54.4 Å². The zero-order valence-corrected chi connectivity index (χ0v) is 10.8. The first kappa shape index (κ1) is 16.4. The Balaban J connectivity index is 0.000000405. The fourth-order valence-corrected chi connectivity index (χ4v) is 1.42. The molecule has 0 radical (unpaired) electrons. The molecular weight excluding hydrogens is 272 g/mol. The average molecular weight is 286 g/mol. The van der Waals surface area contributed by atoms with Crippen LogP contribution in [0.4, 0.5) is 0 Å². The second kappa shape index (κ2) is 9.40. The molecular formula is C14H14FeO3-6. The number of rotatable bonds is 4. The van der Waals surface area contributed by atoms with Crippen LogP contribution in [0.3, 0.4) is 0 Å². The Kier molecular flexibility index (Phi) is 8.54. The van der Waals surface area contributed by atoms with E-state index in [1.54, 1.807) is 24.3 Å². The summed E-state index contributed by atoms with van der Waals surface area (Å²) in [4.78, 5) is 20.8. The van der Waals surface area contributed by atoms with Crippen molar-refractivity contribution in [3.8, 4) is 0 Å². The standard InChI is InChI=1S/C9H9O3.C5H5.Fe/c10-6-5-8(9(11)12)7-3-1-2-4-7;1-2-4-5-3-1;/h1-4,6,8H,5H2,(H,11,12);1-5H;/q-1;-5;. The van der Waals surface area contributed by atoms with Crippen molar-refractivity contribution in [3.05, 3.63) is 60.2 Å². The van der Waals surface area contributed by atoms with Gasteiger partial charge in [0.2, 0.25) is 0 Å². The number of aldehydes is 1. The summed E-state index contributed by atoms with van der Waals surface area (Å²) in [6.45, 7) is 0. The van der Waals surface area contributed by atoms with Gasteiger partial charge < -0.3 is 40.2 Å². The van der Waals surface area contributed by atoms with Crippen molar-refractivity contribution in [2.45, 2.75) is 12.3 Å². The maximum Gasteiger partial charge on any atom is 0.299 e. The first-order chi connectivity index (χ1) is 8.25. The Bertz CT molecular complexity index is 401. The van der Waals surface area contributed by atoms with E-state index < -0.39 is 11.9 Å². The quantitative estimate of drug-likeness (QED) is 0.534. The van der Waals surface area contributed by atoms with E-state index in [9.17, 15) is 9.59 Å². The first-order valence-corrected chi connectivity index (χ1v) is 5.30. The van der Waals surface area contributed by atoms with Crippen molar-refractivity contribution < 1.29 is 31.8 Å². The van der Waals surface area contributed by atoms with E-state index in [-0.39, 0.29) is 23.5 Å². The van der Waals surface area contributed by atoms with Crippen LogP contribution in [-0.4, -0.2) is 17.4 Å². The van der Waals surface area contributed by atoms with Crippen LogP contribution in [-0.2, 0) is 26.7 Å². The molecule has 3 nitrogen and oxygen atoms in total. The van der Waals surface area contributed by atoms with E-state index >= 15 is 0 Å². The maximum absolute atomic E-state index is 10.6. The van der Waals surface area contributed by atoms with Gasteiger partial charge in [0, 0.05) is 29.4 Å². The van der Waals surface area contributed by atoms with Gasteiger partial charge in [0.25, 0.3) is 5.97 Å². The monoisotopic (exact) mass is 286 g/mol. The SMILES string of the molecule is O=CCC(C(=O)O)[c-]1cccc1.[Fe].[cH-]1[cH-][cH-][cH-][cH-]1. The fourth-order valence-electron chi connectivity index (χ4n) is 1.42. The average Bonchev–Trinajstić information content (AvgIpc) is 3.00. The second-order valence-corrected chi connectivity index (χ2v) is 3.47. The molecule has 102 valence electrons. The van der Waals surface area contributed by atoms with Gasteiger partial charge in [-0.25, -0.2) is 12.1 Å². The van der Waals surface area contributed by atoms with Gasteiger partial charge in [-0.05, 0) is 0 Å². The Morgan fingerprint density at radius 3 is 1.94 bits per heavy atom. The third-order valence-electron chi connectivity index (χ3n) is 2.28. The molecule has 1 unspecified atom stereocenters. The number of carbonyl (C=O) groups excluding carboxylic acids is 1. The number of carboxylic acid groups (broad SMARTS) is 1. The van der Waals surface area contributed by atoms with Crippen molar-refractivity contribution in [1.82, 2.24) is 0 Å². The second-order valence-electron chi connectivity index (χ2n) is 3.47. The van der Waals surface area contributed by atoms with Gasteiger partial charge >= 0.3 is 0 Å². The normalized spacial score (nSPS) is 10.4. The largest absolute Gasteiger partial charge is 0.748 e. The summed E-state index contributed by atoms with van der Waals surface area (Å²) in [7, 11) is 0. The molecule has 1 atom stereocenters. The van der Waals surface area contributed by atoms with E-state index in [1.165, 1.54) is 0 Å². The fraction of sp³-hybridized carbons (Fsp3) is 0.143. The summed E-state index contributed by atoms with van der Waals surface area (Å²) >= 11 is 0. The van der Waals surface area contributed by atoms with Gasteiger partial charge in [0.1, 0.15) is 6.29 Å². The minimum Gasteiger partial charge on any atom is -0.748 e. The minimum absolute atomic E-state index is 0. The summed E-state index contributed by atoms with van der Waals surface area (Å²) in [6, 6.07) is 16.9. The molecule has 0 aliphatic heterocycles. The molecule has 2 rings (SSSR count). The Morgan fingerprint density at radius 2 is 1.61 bits per heavy atom. The van der Waals surface area contributed by atoms with Crippen LogP contribution < -0.4 is 0 Å². The smallest absolute Gasteiger partial charge is 0.299 e. The molecule has 0 fully saturated rings. The van der Waals surface area contributed by atoms with E-state index in [2.05, 4.69) is 0 Å². The molecule has 0 amide bonds. The number of carbonyl (C=O) groups is 2. The molecule has 2 aromatic rings. The number of aliphatic carboxylic acids is 1. The molecule has 4 heteroatoms. The molecule has 0 saturated carbocycles. The third-order valence-corrected chi connectivity index (χ3v) is 2.28. The third kappa shape index (κ3) is 5.62. The molecule has 0 bridgehead atoms. The van der Waals surface area contributed by atoms with Crippen molar-refractivity contribution >= 4 is 12.3 Å². The molecule has 1 N–H and O–H groups in total. The van der Waals surface area contributed by atoms with Crippen LogP contribution in [0.15, 0.2) is 54.6 Å². The van der Waals surface area contributed by atoms with Crippen molar-refractivity contribution in [3.63, 3.8) is 0 Å². The first-order valence-electron chi connectivity index (χ1n) is 5.30. The van der Waals surface area contributed by atoms with Crippen LogP contribution in [0.2, 0.25) is 0 Å². The molecule has 0 spiro atoms. The van der Waals surface area contributed by atoms with E-state index in [0.717, 1.165) is 0 Å². The molecule has 0 heterocycles. The molecule has 0 aliphatic rings. The molecule has 2 aromatic carbocycles. The van der Waals surface area contributed by atoms with E-state index in [4.69, 9.17) is 5.11 Å². The zero-order chi connectivity index (χ0) is 12.5. The summed E-state index contributed by atoms with van der Waals surface area (Å²) in [6.07, 6.45) is 0.672. The summed E-state index contributed by atoms with van der Waals surface area (Å²) in [5, 5.41) is 8.72. The van der Waals surface area contributed by atoms with Crippen LogP contribution in [0.5, 0.6) is 0 Å². The van der Waals surface area contributed by atoms with Crippen LogP contribution in [0.1, 0.15) is 17.9 Å². The van der Waals surface area contributed by atoms with Gasteiger partial charge in [0.15, 0.2) is 0 Å². The van der Waals surface area contributed by atoms with Crippen LogP contribution >= 0.6 is 0 Å². The summed E-state index contributed by atoms with van der Waals surface area (Å²) in [5.74, 6) is -1.63. The molecule has 0 aliphatic carbocycles. The Morgan fingerprint density at radius 1 is 1.17 bits per heavy atom. The van der Waals surface area contributed by atoms with Gasteiger partial charge in [-0.2, -0.15) is 12.1 Å². The summed E-state index contributed by atoms with van der Waals surface area (Å²) in [5.41, 5.74) is 0.689. The van der Waals surface area contributed by atoms with E-state index in [1.807, 2.05) is 30.3 Å². The number of hydrogen-bond acceptors (Lipinski definition) is 2. The van der Waals surface area contributed by atoms with Crippen molar-refractivity contribution in [2.75, 3.05) is 0 Å². The molecule has 0 aromatic heterocycles. The predicted octanol–water partition coefficient (Wildman–Crippen LogP) is 2.57. The Labute approximate surface area is 117 Å². The van der Waals surface area contributed by atoms with Crippen LogP contribution in [0, 0.1) is 0 Å². The van der Waals surface area contributed by atoms with Crippen LogP contribution in [0.25, 0.3) is 0 Å². The minimum atomic E-state index is -0.951. The number of hydrogen-bond donors (Lipinski definition) is 1. The van der Waals surface area contributed by atoms with Gasteiger partial charge in [-0.15, -0.1) is 5.56 Å².